The zero-order valence-electron chi connectivity index (χ0n) is 13.7. The van der Waals surface area contributed by atoms with Crippen LogP contribution in [0.2, 0.25) is 0 Å². The molecule has 3 heteroatoms. The van der Waals surface area contributed by atoms with Crippen LogP contribution in [0.25, 0.3) is 11.3 Å². The van der Waals surface area contributed by atoms with E-state index in [1.54, 1.807) is 6.20 Å². The van der Waals surface area contributed by atoms with Gasteiger partial charge in [0.1, 0.15) is 0 Å². The van der Waals surface area contributed by atoms with Crippen molar-refractivity contribution < 1.29 is 4.42 Å². The van der Waals surface area contributed by atoms with Gasteiger partial charge in [-0.3, -0.25) is 0 Å². The van der Waals surface area contributed by atoms with Gasteiger partial charge < -0.3 is 10.2 Å². The average Bonchev–Trinajstić information content (AvgIpc) is 2.86. The Labute approximate surface area is 127 Å². The molecule has 1 atom stereocenters. The van der Waals surface area contributed by atoms with E-state index < -0.39 is 0 Å². The minimum absolute atomic E-state index is 0.132. The summed E-state index contributed by atoms with van der Waals surface area (Å²) >= 11 is 0. The van der Waals surface area contributed by atoms with Gasteiger partial charge >= 0.3 is 0 Å². The lowest BCUT2D eigenvalue weighted by Gasteiger charge is -2.18. The first-order valence-corrected chi connectivity index (χ1v) is 7.59. The molecule has 0 radical (unpaired) electrons. The molecule has 0 spiro atoms. The lowest BCUT2D eigenvalue weighted by Crippen LogP contribution is -2.13. The summed E-state index contributed by atoms with van der Waals surface area (Å²) in [6.07, 6.45) is 2.64. The molecule has 0 aliphatic heterocycles. The number of aromatic nitrogens is 1. The Morgan fingerprint density at radius 3 is 2.29 bits per heavy atom. The minimum atomic E-state index is -0.132. The van der Waals surface area contributed by atoms with Crippen molar-refractivity contribution in [2.24, 2.45) is 11.7 Å². The summed E-state index contributed by atoms with van der Waals surface area (Å²) in [6.45, 7) is 10.9. The Morgan fingerprint density at radius 2 is 1.76 bits per heavy atom. The Hall–Kier alpha value is -1.61. The van der Waals surface area contributed by atoms with Crippen LogP contribution in [-0.4, -0.2) is 4.98 Å². The van der Waals surface area contributed by atoms with Crippen LogP contribution in [0.5, 0.6) is 0 Å². The molecule has 0 aliphatic carbocycles. The highest BCUT2D eigenvalue weighted by atomic mass is 16.4. The molecule has 114 valence electrons. The van der Waals surface area contributed by atoms with Gasteiger partial charge in [-0.2, -0.15) is 0 Å². The number of nitrogens with two attached hydrogens (primary N) is 1. The number of oxazole rings is 1. The van der Waals surface area contributed by atoms with Crippen molar-refractivity contribution in [2.45, 2.75) is 52.5 Å². The largest absolute Gasteiger partial charge is 0.439 e. The molecule has 2 N–H and O–H groups in total. The Bertz CT molecular complexity index is 576. The fourth-order valence-corrected chi connectivity index (χ4v) is 2.34. The van der Waals surface area contributed by atoms with Crippen LogP contribution in [0.3, 0.4) is 0 Å². The summed E-state index contributed by atoms with van der Waals surface area (Å²) in [5.74, 6) is 1.93. The van der Waals surface area contributed by atoms with E-state index in [1.165, 1.54) is 5.56 Å². The fourth-order valence-electron chi connectivity index (χ4n) is 2.34. The Morgan fingerprint density at radius 1 is 1.14 bits per heavy atom. The first kappa shape index (κ1) is 15.8. The third kappa shape index (κ3) is 3.94. The van der Waals surface area contributed by atoms with Crippen LogP contribution in [0.4, 0.5) is 0 Å². The van der Waals surface area contributed by atoms with Crippen LogP contribution in [0.15, 0.2) is 34.9 Å². The van der Waals surface area contributed by atoms with Gasteiger partial charge in [-0.1, -0.05) is 58.9 Å². The smallest absolute Gasteiger partial charge is 0.211 e. The highest BCUT2D eigenvalue weighted by Crippen LogP contribution is 2.28. The molecule has 1 aromatic carbocycles. The monoisotopic (exact) mass is 286 g/mol. The summed E-state index contributed by atoms with van der Waals surface area (Å²) in [5.41, 5.74) is 8.62. The second kappa shape index (κ2) is 6.02. The minimum Gasteiger partial charge on any atom is -0.439 e. The molecular formula is C18H26N2O. The van der Waals surface area contributed by atoms with Crippen molar-refractivity contribution in [3.63, 3.8) is 0 Å². The van der Waals surface area contributed by atoms with E-state index in [9.17, 15) is 0 Å². The molecule has 2 aromatic rings. The molecule has 0 aliphatic rings. The highest BCUT2D eigenvalue weighted by molar-refractivity contribution is 5.57. The molecule has 3 nitrogen and oxygen atoms in total. The average molecular weight is 286 g/mol. The van der Waals surface area contributed by atoms with Gasteiger partial charge in [0.15, 0.2) is 5.76 Å². The number of nitrogens with zero attached hydrogens (tertiary/aromatic N) is 1. The molecule has 1 aromatic heterocycles. The van der Waals surface area contributed by atoms with Crippen molar-refractivity contribution in [3.05, 3.63) is 41.9 Å². The van der Waals surface area contributed by atoms with Crippen LogP contribution in [-0.2, 0) is 5.41 Å². The molecule has 0 saturated carbocycles. The number of rotatable bonds is 4. The van der Waals surface area contributed by atoms with E-state index in [1.807, 2.05) is 0 Å². The van der Waals surface area contributed by atoms with E-state index in [0.717, 1.165) is 17.7 Å². The summed E-state index contributed by atoms with van der Waals surface area (Å²) in [6, 6.07) is 8.32. The van der Waals surface area contributed by atoms with E-state index in [0.29, 0.717) is 11.8 Å². The van der Waals surface area contributed by atoms with E-state index in [-0.39, 0.29) is 11.5 Å². The molecule has 1 heterocycles. The molecule has 0 amide bonds. The van der Waals surface area contributed by atoms with Gasteiger partial charge in [0.2, 0.25) is 5.89 Å². The second-order valence-electron chi connectivity index (χ2n) is 7.13. The van der Waals surface area contributed by atoms with Gasteiger partial charge in [0, 0.05) is 5.56 Å². The molecule has 0 saturated heterocycles. The number of hydrogen-bond donors (Lipinski definition) is 1. The molecule has 0 fully saturated rings. The third-order valence-corrected chi connectivity index (χ3v) is 3.60. The summed E-state index contributed by atoms with van der Waals surface area (Å²) in [7, 11) is 0. The summed E-state index contributed by atoms with van der Waals surface area (Å²) < 4.78 is 5.82. The van der Waals surface area contributed by atoms with Crippen molar-refractivity contribution in [3.8, 4) is 11.3 Å². The third-order valence-electron chi connectivity index (χ3n) is 3.60. The van der Waals surface area contributed by atoms with Gasteiger partial charge in [-0.15, -0.1) is 0 Å². The van der Waals surface area contributed by atoms with Crippen LogP contribution in [0.1, 0.15) is 58.5 Å². The Balaban J connectivity index is 2.18. The first-order chi connectivity index (χ1) is 9.77. The predicted octanol–water partition coefficient (Wildman–Crippen LogP) is 4.69. The SMILES string of the molecule is CC(C)CC(N)c1ncc(-c2ccc(C(C)(C)C)cc2)o1. The van der Waals surface area contributed by atoms with Crippen molar-refractivity contribution in [2.75, 3.05) is 0 Å². The normalized spacial score (nSPS) is 13.7. The lowest BCUT2D eigenvalue weighted by molar-refractivity contribution is 0.408. The maximum atomic E-state index is 6.11. The van der Waals surface area contributed by atoms with Crippen molar-refractivity contribution in [1.29, 1.82) is 0 Å². The Kier molecular flexibility index (Phi) is 4.52. The van der Waals surface area contributed by atoms with E-state index >= 15 is 0 Å². The zero-order chi connectivity index (χ0) is 15.6. The van der Waals surface area contributed by atoms with Crippen LogP contribution < -0.4 is 5.73 Å². The number of benzene rings is 1. The van der Waals surface area contributed by atoms with Crippen molar-refractivity contribution >= 4 is 0 Å². The second-order valence-corrected chi connectivity index (χ2v) is 7.13. The quantitative estimate of drug-likeness (QED) is 0.887. The number of hydrogen-bond acceptors (Lipinski definition) is 3. The molecule has 21 heavy (non-hydrogen) atoms. The molecule has 2 rings (SSSR count). The van der Waals surface area contributed by atoms with Gasteiger partial charge in [0.25, 0.3) is 0 Å². The van der Waals surface area contributed by atoms with Crippen LogP contribution >= 0.6 is 0 Å². The van der Waals surface area contributed by atoms with Gasteiger partial charge in [-0.25, -0.2) is 4.98 Å². The zero-order valence-corrected chi connectivity index (χ0v) is 13.7. The van der Waals surface area contributed by atoms with E-state index in [2.05, 4.69) is 63.9 Å². The highest BCUT2D eigenvalue weighted by Gasteiger charge is 2.16. The molecule has 0 bridgehead atoms. The van der Waals surface area contributed by atoms with Crippen LogP contribution in [0, 0.1) is 5.92 Å². The topological polar surface area (TPSA) is 52.0 Å². The first-order valence-electron chi connectivity index (χ1n) is 7.59. The van der Waals surface area contributed by atoms with Gasteiger partial charge in [-0.05, 0) is 23.3 Å². The maximum absolute atomic E-state index is 6.11. The summed E-state index contributed by atoms with van der Waals surface area (Å²) in [5, 5.41) is 0. The molecular weight excluding hydrogens is 260 g/mol. The van der Waals surface area contributed by atoms with E-state index in [4.69, 9.17) is 10.2 Å². The molecule has 1 unspecified atom stereocenters. The predicted molar refractivity (Wildman–Crippen MR) is 87.0 cm³/mol. The standard InChI is InChI=1S/C18H26N2O/c1-12(2)10-15(19)17-20-11-16(21-17)13-6-8-14(9-7-13)18(3,4)5/h6-9,11-12,15H,10,19H2,1-5H3. The van der Waals surface area contributed by atoms with Crippen molar-refractivity contribution in [1.82, 2.24) is 4.98 Å². The van der Waals surface area contributed by atoms with Gasteiger partial charge in [0.05, 0.1) is 12.2 Å². The fraction of sp³-hybridized carbons (Fsp3) is 0.500. The summed E-state index contributed by atoms with van der Waals surface area (Å²) in [4.78, 5) is 4.33. The maximum Gasteiger partial charge on any atom is 0.211 e. The lowest BCUT2D eigenvalue weighted by atomic mass is 9.86.